The van der Waals surface area contributed by atoms with Crippen LogP contribution in [0.3, 0.4) is 0 Å². The Morgan fingerprint density at radius 3 is 1.35 bits per heavy atom. The fourth-order valence-corrected chi connectivity index (χ4v) is 9.69. The second kappa shape index (κ2) is 16.3. The van der Waals surface area contributed by atoms with Crippen molar-refractivity contribution in [2.75, 3.05) is 4.90 Å². The minimum Gasteiger partial charge on any atom is -0.310 e. The molecule has 10 aromatic carbocycles. The molecule has 0 unspecified atom stereocenters. The molecule has 0 N–H and O–H groups in total. The Morgan fingerprint density at radius 2 is 0.746 bits per heavy atom. The SMILES string of the molecule is c1ccc(-c2ccccc2N(c2ccc(-c3ccc4c(c3)c3ccccc3n4-c3ccccc3)cc2)c2ccc(C(c3ccccc3)(c3ccccc3)c3ccccc3)cc2)cc1. The third-order valence-corrected chi connectivity index (χ3v) is 12.6. The second-order valence-electron chi connectivity index (χ2n) is 16.1. The molecule has 2 nitrogen and oxygen atoms in total. The molecule has 0 aliphatic rings. The van der Waals surface area contributed by atoms with Crippen molar-refractivity contribution in [1.29, 1.82) is 0 Å². The largest absolute Gasteiger partial charge is 0.310 e. The predicted octanol–water partition coefficient (Wildman–Crippen LogP) is 16.0. The fraction of sp³-hybridized carbons (Fsp3) is 0.0164. The molecule has 0 radical (unpaired) electrons. The van der Waals surface area contributed by atoms with Crippen molar-refractivity contribution < 1.29 is 0 Å². The summed E-state index contributed by atoms with van der Waals surface area (Å²) in [6.07, 6.45) is 0. The van der Waals surface area contributed by atoms with Gasteiger partial charge in [0.05, 0.1) is 22.1 Å². The Bertz CT molecular complexity index is 3190. The molecule has 0 aliphatic heterocycles. The number of fused-ring (bicyclic) bond motifs is 3. The summed E-state index contributed by atoms with van der Waals surface area (Å²) in [6, 6.07) is 96.8. The molecule has 1 aromatic heterocycles. The van der Waals surface area contributed by atoms with Crippen molar-refractivity contribution in [3.8, 4) is 27.9 Å². The fourth-order valence-electron chi connectivity index (χ4n) is 9.69. The van der Waals surface area contributed by atoms with Gasteiger partial charge < -0.3 is 9.47 Å². The summed E-state index contributed by atoms with van der Waals surface area (Å²) < 4.78 is 2.37. The van der Waals surface area contributed by atoms with E-state index >= 15 is 0 Å². The van der Waals surface area contributed by atoms with E-state index in [-0.39, 0.29) is 0 Å². The Balaban J connectivity index is 1.05. The molecule has 0 fully saturated rings. The molecule has 1 heterocycles. The van der Waals surface area contributed by atoms with Gasteiger partial charge in [-0.05, 0) is 99.6 Å². The summed E-state index contributed by atoms with van der Waals surface area (Å²) in [5.41, 5.74) is 15.9. The number of benzene rings is 10. The highest BCUT2D eigenvalue weighted by molar-refractivity contribution is 6.10. The number of nitrogens with zero attached hydrogens (tertiary/aromatic N) is 2. The van der Waals surface area contributed by atoms with Crippen LogP contribution in [0, 0.1) is 0 Å². The molecule has 298 valence electrons. The summed E-state index contributed by atoms with van der Waals surface area (Å²) in [7, 11) is 0. The van der Waals surface area contributed by atoms with Gasteiger partial charge in [0.2, 0.25) is 0 Å². The zero-order chi connectivity index (χ0) is 42.0. The summed E-state index contributed by atoms with van der Waals surface area (Å²) in [5, 5.41) is 2.49. The van der Waals surface area contributed by atoms with E-state index in [1.165, 1.54) is 66.3 Å². The van der Waals surface area contributed by atoms with Crippen molar-refractivity contribution in [1.82, 2.24) is 4.57 Å². The number of para-hydroxylation sites is 3. The van der Waals surface area contributed by atoms with Crippen LogP contribution >= 0.6 is 0 Å². The smallest absolute Gasteiger partial charge is 0.0701 e. The second-order valence-corrected chi connectivity index (χ2v) is 16.1. The van der Waals surface area contributed by atoms with Gasteiger partial charge in [-0.15, -0.1) is 0 Å². The molecule has 0 atom stereocenters. The van der Waals surface area contributed by atoms with Gasteiger partial charge in [-0.1, -0.05) is 206 Å². The summed E-state index contributed by atoms with van der Waals surface area (Å²) in [6.45, 7) is 0. The molecular weight excluding hydrogens is 761 g/mol. The molecule has 0 spiro atoms. The molecule has 0 amide bonds. The van der Waals surface area contributed by atoms with E-state index in [1.807, 2.05) is 0 Å². The number of hydrogen-bond donors (Lipinski definition) is 0. The lowest BCUT2D eigenvalue weighted by Crippen LogP contribution is -2.31. The first kappa shape index (κ1) is 37.8. The number of anilines is 3. The van der Waals surface area contributed by atoms with Crippen molar-refractivity contribution >= 4 is 38.9 Å². The van der Waals surface area contributed by atoms with Gasteiger partial charge in [0.1, 0.15) is 0 Å². The van der Waals surface area contributed by atoms with Gasteiger partial charge >= 0.3 is 0 Å². The standard InChI is InChI=1S/C61H44N2/c1-6-20-46(21-7-1)55-30-16-18-32-58(55)62(54-41-37-51(38-42-54)61(48-22-8-2-9-23-48,49-24-10-3-11-25-49)50-26-12-4-13-27-50)53-39-34-45(35-40-53)47-36-43-60-57(44-47)56-31-17-19-33-59(56)63(60)52-28-14-5-15-29-52/h1-44H. The lowest BCUT2D eigenvalue weighted by molar-refractivity contribution is 0.745. The zero-order valence-corrected chi connectivity index (χ0v) is 34.8. The highest BCUT2D eigenvalue weighted by Crippen LogP contribution is 2.47. The molecule has 63 heavy (non-hydrogen) atoms. The van der Waals surface area contributed by atoms with Gasteiger partial charge in [0.25, 0.3) is 0 Å². The van der Waals surface area contributed by atoms with Crippen LogP contribution in [0.2, 0.25) is 0 Å². The summed E-state index contributed by atoms with van der Waals surface area (Å²) >= 11 is 0. The molecule has 11 rings (SSSR count). The Morgan fingerprint density at radius 1 is 0.302 bits per heavy atom. The van der Waals surface area contributed by atoms with E-state index in [0.717, 1.165) is 22.7 Å². The van der Waals surface area contributed by atoms with Gasteiger partial charge in [-0.25, -0.2) is 0 Å². The van der Waals surface area contributed by atoms with Gasteiger partial charge in [-0.2, -0.15) is 0 Å². The number of hydrogen-bond acceptors (Lipinski definition) is 1. The quantitative estimate of drug-likeness (QED) is 0.125. The number of aromatic nitrogens is 1. The van der Waals surface area contributed by atoms with Crippen LogP contribution in [0.25, 0.3) is 49.7 Å². The normalized spacial score (nSPS) is 11.5. The molecule has 0 bridgehead atoms. The summed E-state index contributed by atoms with van der Waals surface area (Å²) in [4.78, 5) is 2.40. The van der Waals surface area contributed by atoms with E-state index in [1.54, 1.807) is 0 Å². The Labute approximate surface area is 369 Å². The average Bonchev–Trinajstić information content (AvgIpc) is 3.70. The van der Waals surface area contributed by atoms with Gasteiger partial charge in [-0.3, -0.25) is 0 Å². The van der Waals surface area contributed by atoms with E-state index in [9.17, 15) is 0 Å². The first-order valence-corrected chi connectivity index (χ1v) is 21.7. The molecule has 2 heteroatoms. The monoisotopic (exact) mass is 804 g/mol. The van der Waals surface area contributed by atoms with E-state index in [2.05, 4.69) is 276 Å². The topological polar surface area (TPSA) is 8.17 Å². The van der Waals surface area contributed by atoms with Crippen LogP contribution in [-0.4, -0.2) is 4.57 Å². The maximum Gasteiger partial charge on any atom is 0.0701 e. The lowest BCUT2D eigenvalue weighted by Gasteiger charge is -2.37. The van der Waals surface area contributed by atoms with Crippen LogP contribution in [0.4, 0.5) is 17.1 Å². The minimum atomic E-state index is -0.536. The van der Waals surface area contributed by atoms with Crippen LogP contribution in [-0.2, 0) is 5.41 Å². The first-order valence-electron chi connectivity index (χ1n) is 21.7. The maximum absolute atomic E-state index is 2.40. The predicted molar refractivity (Wildman–Crippen MR) is 265 cm³/mol. The highest BCUT2D eigenvalue weighted by Gasteiger charge is 2.38. The molecule has 0 aliphatic carbocycles. The van der Waals surface area contributed by atoms with E-state index in [4.69, 9.17) is 0 Å². The van der Waals surface area contributed by atoms with Crippen LogP contribution in [0.1, 0.15) is 22.3 Å². The van der Waals surface area contributed by atoms with Crippen molar-refractivity contribution in [3.63, 3.8) is 0 Å². The molecule has 0 saturated carbocycles. The number of rotatable bonds is 10. The molecule has 11 aromatic rings. The summed E-state index contributed by atoms with van der Waals surface area (Å²) in [5.74, 6) is 0. The van der Waals surface area contributed by atoms with Crippen LogP contribution < -0.4 is 4.90 Å². The first-order chi connectivity index (χ1) is 31.3. The van der Waals surface area contributed by atoms with Crippen molar-refractivity contribution in [3.05, 3.63) is 289 Å². The van der Waals surface area contributed by atoms with E-state index in [0.29, 0.717) is 0 Å². The van der Waals surface area contributed by atoms with Gasteiger partial charge in [0.15, 0.2) is 0 Å². The van der Waals surface area contributed by atoms with Gasteiger partial charge in [0, 0.05) is 33.4 Å². The Hall–Kier alpha value is -8.20. The van der Waals surface area contributed by atoms with Crippen molar-refractivity contribution in [2.24, 2.45) is 0 Å². The molecular formula is C61H44N2. The maximum atomic E-state index is 2.40. The van der Waals surface area contributed by atoms with Crippen molar-refractivity contribution in [2.45, 2.75) is 5.41 Å². The highest BCUT2D eigenvalue weighted by atomic mass is 15.1. The lowest BCUT2D eigenvalue weighted by atomic mass is 9.65. The Kier molecular flexibility index (Phi) is 9.80. The van der Waals surface area contributed by atoms with E-state index < -0.39 is 5.41 Å². The third-order valence-electron chi connectivity index (χ3n) is 12.6. The van der Waals surface area contributed by atoms with Crippen LogP contribution in [0.15, 0.2) is 267 Å². The minimum absolute atomic E-state index is 0.536. The van der Waals surface area contributed by atoms with Crippen LogP contribution in [0.5, 0.6) is 0 Å². The third kappa shape index (κ3) is 6.70. The average molecular weight is 805 g/mol. The molecule has 0 saturated heterocycles. The zero-order valence-electron chi connectivity index (χ0n) is 34.8.